The van der Waals surface area contributed by atoms with Gasteiger partial charge in [0, 0.05) is 11.4 Å². The molecule has 0 aliphatic carbocycles. The quantitative estimate of drug-likeness (QED) is 0.841. The highest BCUT2D eigenvalue weighted by Gasteiger charge is 2.17. The molecule has 17 heavy (non-hydrogen) atoms. The number of hydrogen-bond acceptors (Lipinski definition) is 5. The predicted molar refractivity (Wildman–Crippen MR) is 70.8 cm³/mol. The SMILES string of the molecule is CCOC(=O)c1nc(NCC(C)(C)C)sc1C. The molecule has 0 bridgehead atoms. The van der Waals surface area contributed by atoms with Gasteiger partial charge in [0.2, 0.25) is 0 Å². The Bertz CT molecular complexity index is 394. The molecule has 96 valence electrons. The summed E-state index contributed by atoms with van der Waals surface area (Å²) in [6.07, 6.45) is 0. The molecular weight excluding hydrogens is 236 g/mol. The van der Waals surface area contributed by atoms with Gasteiger partial charge in [0.05, 0.1) is 6.61 Å². The van der Waals surface area contributed by atoms with Crippen LogP contribution in [0.2, 0.25) is 0 Å². The van der Waals surface area contributed by atoms with Crippen LogP contribution in [0.3, 0.4) is 0 Å². The van der Waals surface area contributed by atoms with Gasteiger partial charge in [0.1, 0.15) is 0 Å². The maximum atomic E-state index is 11.6. The fourth-order valence-electron chi connectivity index (χ4n) is 1.20. The lowest BCUT2D eigenvalue weighted by Gasteiger charge is -2.17. The molecule has 0 fully saturated rings. The number of nitrogens with zero attached hydrogens (tertiary/aromatic N) is 1. The first-order chi connectivity index (χ1) is 7.83. The monoisotopic (exact) mass is 256 g/mol. The lowest BCUT2D eigenvalue weighted by atomic mass is 9.97. The van der Waals surface area contributed by atoms with E-state index in [0.29, 0.717) is 12.3 Å². The van der Waals surface area contributed by atoms with Gasteiger partial charge in [-0.15, -0.1) is 11.3 Å². The molecule has 1 aromatic heterocycles. The minimum atomic E-state index is -0.343. The van der Waals surface area contributed by atoms with E-state index in [2.05, 4.69) is 31.1 Å². The first-order valence-electron chi connectivity index (χ1n) is 5.72. The number of anilines is 1. The summed E-state index contributed by atoms with van der Waals surface area (Å²) >= 11 is 1.49. The van der Waals surface area contributed by atoms with Gasteiger partial charge in [-0.25, -0.2) is 9.78 Å². The third-order valence-electron chi connectivity index (χ3n) is 2.04. The topological polar surface area (TPSA) is 51.2 Å². The summed E-state index contributed by atoms with van der Waals surface area (Å²) in [6.45, 7) is 11.3. The number of hydrogen-bond donors (Lipinski definition) is 1. The van der Waals surface area contributed by atoms with E-state index in [9.17, 15) is 4.79 Å². The molecule has 0 unspecified atom stereocenters. The van der Waals surface area contributed by atoms with Crippen LogP contribution >= 0.6 is 11.3 Å². The molecule has 0 aromatic carbocycles. The van der Waals surface area contributed by atoms with Crippen LogP contribution in [0.25, 0.3) is 0 Å². The Labute approximate surface area is 106 Å². The Morgan fingerprint density at radius 1 is 1.47 bits per heavy atom. The first kappa shape index (κ1) is 14.0. The average molecular weight is 256 g/mol. The molecule has 0 saturated heterocycles. The molecule has 5 heteroatoms. The Hall–Kier alpha value is -1.10. The van der Waals surface area contributed by atoms with E-state index in [1.54, 1.807) is 6.92 Å². The maximum Gasteiger partial charge on any atom is 0.358 e. The number of esters is 1. The molecule has 0 spiro atoms. The van der Waals surface area contributed by atoms with Gasteiger partial charge in [-0.05, 0) is 19.3 Å². The van der Waals surface area contributed by atoms with Crippen molar-refractivity contribution in [1.29, 1.82) is 0 Å². The van der Waals surface area contributed by atoms with Gasteiger partial charge < -0.3 is 10.1 Å². The Kier molecular flexibility index (Phi) is 4.51. The number of aryl methyl sites for hydroxylation is 1. The highest BCUT2D eigenvalue weighted by molar-refractivity contribution is 7.15. The summed E-state index contributed by atoms with van der Waals surface area (Å²) in [5.41, 5.74) is 0.609. The first-order valence-corrected chi connectivity index (χ1v) is 6.53. The molecule has 1 heterocycles. The number of nitrogens with one attached hydrogen (secondary N) is 1. The van der Waals surface area contributed by atoms with Crippen molar-refractivity contribution < 1.29 is 9.53 Å². The molecule has 0 aliphatic heterocycles. The number of rotatable bonds is 4. The van der Waals surface area contributed by atoms with Crippen molar-refractivity contribution in [3.8, 4) is 0 Å². The second-order valence-electron chi connectivity index (χ2n) is 5.06. The number of carbonyl (C=O) groups is 1. The third kappa shape index (κ3) is 4.34. The van der Waals surface area contributed by atoms with E-state index in [0.717, 1.165) is 16.6 Å². The number of ether oxygens (including phenoxy) is 1. The maximum absolute atomic E-state index is 11.6. The molecule has 1 N–H and O–H groups in total. The number of thiazole rings is 1. The van der Waals surface area contributed by atoms with E-state index in [1.807, 2.05) is 6.92 Å². The molecule has 0 saturated carbocycles. The number of carbonyl (C=O) groups excluding carboxylic acids is 1. The van der Waals surface area contributed by atoms with Crippen LogP contribution in [-0.2, 0) is 4.74 Å². The summed E-state index contributed by atoms with van der Waals surface area (Å²) in [5, 5.41) is 4.02. The third-order valence-corrected chi connectivity index (χ3v) is 2.96. The predicted octanol–water partition coefficient (Wildman–Crippen LogP) is 3.09. The lowest BCUT2D eigenvalue weighted by molar-refractivity contribution is 0.0519. The van der Waals surface area contributed by atoms with Crippen LogP contribution in [-0.4, -0.2) is 24.1 Å². The van der Waals surface area contributed by atoms with Crippen molar-refractivity contribution in [3.05, 3.63) is 10.6 Å². The van der Waals surface area contributed by atoms with E-state index in [1.165, 1.54) is 11.3 Å². The minimum Gasteiger partial charge on any atom is -0.461 e. The summed E-state index contributed by atoms with van der Waals surface area (Å²) in [6, 6.07) is 0. The Balaban J connectivity index is 2.71. The minimum absolute atomic E-state index is 0.184. The molecule has 0 amide bonds. The van der Waals surface area contributed by atoms with Gasteiger partial charge in [-0.2, -0.15) is 0 Å². The van der Waals surface area contributed by atoms with Gasteiger partial charge >= 0.3 is 5.97 Å². The van der Waals surface area contributed by atoms with Crippen LogP contribution in [0, 0.1) is 12.3 Å². The second-order valence-corrected chi connectivity index (χ2v) is 6.26. The molecule has 1 rings (SSSR count). The summed E-state index contributed by atoms with van der Waals surface area (Å²) in [7, 11) is 0. The highest BCUT2D eigenvalue weighted by atomic mass is 32.1. The fraction of sp³-hybridized carbons (Fsp3) is 0.667. The average Bonchev–Trinajstić information content (AvgIpc) is 2.56. The second kappa shape index (κ2) is 5.49. The normalized spacial score (nSPS) is 11.4. The smallest absolute Gasteiger partial charge is 0.358 e. The summed E-state index contributed by atoms with van der Waals surface area (Å²) in [5.74, 6) is -0.343. The van der Waals surface area contributed by atoms with Crippen molar-refractivity contribution >= 4 is 22.4 Å². The van der Waals surface area contributed by atoms with E-state index in [4.69, 9.17) is 4.74 Å². The van der Waals surface area contributed by atoms with Crippen molar-refractivity contribution in [2.24, 2.45) is 5.41 Å². The van der Waals surface area contributed by atoms with E-state index in [-0.39, 0.29) is 11.4 Å². The Morgan fingerprint density at radius 3 is 2.65 bits per heavy atom. The van der Waals surface area contributed by atoms with Crippen molar-refractivity contribution in [3.63, 3.8) is 0 Å². The zero-order valence-corrected chi connectivity index (χ0v) is 11.9. The van der Waals surface area contributed by atoms with Crippen LogP contribution in [0.1, 0.15) is 43.1 Å². The van der Waals surface area contributed by atoms with Crippen molar-refractivity contribution in [2.45, 2.75) is 34.6 Å². The van der Waals surface area contributed by atoms with E-state index >= 15 is 0 Å². The summed E-state index contributed by atoms with van der Waals surface area (Å²) < 4.78 is 4.94. The molecule has 4 nitrogen and oxygen atoms in total. The van der Waals surface area contributed by atoms with E-state index < -0.39 is 0 Å². The van der Waals surface area contributed by atoms with Crippen LogP contribution in [0.15, 0.2) is 0 Å². The zero-order valence-electron chi connectivity index (χ0n) is 11.1. The van der Waals surface area contributed by atoms with Crippen molar-refractivity contribution in [2.75, 3.05) is 18.5 Å². The van der Waals surface area contributed by atoms with Gasteiger partial charge in [0.25, 0.3) is 0 Å². The lowest BCUT2D eigenvalue weighted by Crippen LogP contribution is -2.19. The van der Waals surface area contributed by atoms with Gasteiger partial charge in [-0.3, -0.25) is 0 Å². The standard InChI is InChI=1S/C12H20N2O2S/c1-6-16-10(15)9-8(2)17-11(14-9)13-7-12(3,4)5/h6-7H2,1-5H3,(H,13,14). The summed E-state index contributed by atoms with van der Waals surface area (Å²) in [4.78, 5) is 16.7. The number of aromatic nitrogens is 1. The molecule has 0 radical (unpaired) electrons. The molecule has 1 aromatic rings. The van der Waals surface area contributed by atoms with Crippen LogP contribution in [0.4, 0.5) is 5.13 Å². The van der Waals surface area contributed by atoms with Gasteiger partial charge in [0.15, 0.2) is 10.8 Å². The molecular formula is C12H20N2O2S. The van der Waals surface area contributed by atoms with Crippen LogP contribution < -0.4 is 5.32 Å². The largest absolute Gasteiger partial charge is 0.461 e. The fourth-order valence-corrected chi connectivity index (χ4v) is 2.00. The Morgan fingerprint density at radius 2 is 2.12 bits per heavy atom. The highest BCUT2D eigenvalue weighted by Crippen LogP contribution is 2.24. The molecule has 0 aliphatic rings. The van der Waals surface area contributed by atoms with Crippen LogP contribution in [0.5, 0.6) is 0 Å². The zero-order chi connectivity index (χ0) is 13.1. The molecule has 0 atom stereocenters. The van der Waals surface area contributed by atoms with Gasteiger partial charge in [-0.1, -0.05) is 20.8 Å². The van der Waals surface area contributed by atoms with Crippen molar-refractivity contribution in [1.82, 2.24) is 4.98 Å².